The Balaban J connectivity index is 2.17. The van der Waals surface area contributed by atoms with Crippen LogP contribution in [0.25, 0.3) is 0 Å². The van der Waals surface area contributed by atoms with Crippen molar-refractivity contribution < 1.29 is 14.3 Å². The number of ether oxygens (including phenoxy) is 1. The molecule has 1 aromatic carbocycles. The average Bonchev–Trinajstić information content (AvgIpc) is 2.67. The topological polar surface area (TPSA) is 46.6 Å². The Morgan fingerprint density at radius 3 is 2.79 bits per heavy atom. The van der Waals surface area contributed by atoms with Crippen LogP contribution in [0.2, 0.25) is 0 Å². The van der Waals surface area contributed by atoms with Gasteiger partial charge in [0.15, 0.2) is 0 Å². The molecular formula is C15H15NO3. The van der Waals surface area contributed by atoms with Gasteiger partial charge in [-0.25, -0.2) is 0 Å². The maximum Gasteiger partial charge on any atom is 0.247 e. The molecule has 0 fully saturated rings. The lowest BCUT2D eigenvalue weighted by atomic mass is 9.74. The summed E-state index contributed by atoms with van der Waals surface area (Å²) < 4.78 is 5.63. The lowest BCUT2D eigenvalue weighted by Gasteiger charge is -2.38. The Bertz CT molecular complexity index is 593. The highest BCUT2D eigenvalue weighted by Crippen LogP contribution is 2.45. The largest absolute Gasteiger partial charge is 0.494 e. The fraction of sp³-hybridized carbons (Fsp3) is 0.333. The normalized spacial score (nSPS) is 28.9. The minimum Gasteiger partial charge on any atom is -0.494 e. The SMILES string of the molecule is CC1=CC2(Cc3ccccc3N(C=O)C2=O)C(C)O1. The van der Waals surface area contributed by atoms with Crippen LogP contribution < -0.4 is 4.90 Å². The number of allylic oxidation sites excluding steroid dienone is 1. The first kappa shape index (κ1) is 12.0. The number of anilines is 1. The van der Waals surface area contributed by atoms with Crippen molar-refractivity contribution in [2.45, 2.75) is 26.4 Å². The first-order chi connectivity index (χ1) is 9.08. The summed E-state index contributed by atoms with van der Waals surface area (Å²) in [7, 11) is 0. The number of hydrogen-bond acceptors (Lipinski definition) is 3. The fourth-order valence-electron chi connectivity index (χ4n) is 3.05. The van der Waals surface area contributed by atoms with Gasteiger partial charge in [-0.05, 0) is 38.0 Å². The molecule has 2 aliphatic rings. The van der Waals surface area contributed by atoms with E-state index in [4.69, 9.17) is 4.74 Å². The zero-order chi connectivity index (χ0) is 13.6. The number of amides is 2. The summed E-state index contributed by atoms with van der Waals surface area (Å²) in [5.74, 6) is 0.539. The van der Waals surface area contributed by atoms with Gasteiger partial charge in [0.25, 0.3) is 0 Å². The molecule has 0 saturated heterocycles. The molecule has 3 rings (SSSR count). The monoisotopic (exact) mass is 257 g/mol. The Kier molecular flexibility index (Phi) is 2.49. The van der Waals surface area contributed by atoms with E-state index >= 15 is 0 Å². The van der Waals surface area contributed by atoms with Gasteiger partial charge < -0.3 is 4.74 Å². The van der Waals surface area contributed by atoms with Crippen molar-refractivity contribution in [2.24, 2.45) is 5.41 Å². The molecule has 4 heteroatoms. The van der Waals surface area contributed by atoms with Crippen molar-refractivity contribution in [1.82, 2.24) is 0 Å². The third kappa shape index (κ3) is 1.52. The minimum absolute atomic E-state index is 0.203. The van der Waals surface area contributed by atoms with Crippen molar-refractivity contribution in [3.63, 3.8) is 0 Å². The van der Waals surface area contributed by atoms with Crippen LogP contribution >= 0.6 is 0 Å². The summed E-state index contributed by atoms with van der Waals surface area (Å²) in [6.07, 6.45) is 2.77. The Hall–Kier alpha value is -2.10. The molecule has 2 heterocycles. The number of rotatable bonds is 1. The second-order valence-corrected chi connectivity index (χ2v) is 5.14. The van der Waals surface area contributed by atoms with Gasteiger partial charge in [-0.2, -0.15) is 0 Å². The van der Waals surface area contributed by atoms with Crippen molar-refractivity contribution in [2.75, 3.05) is 4.90 Å². The lowest BCUT2D eigenvalue weighted by Crippen LogP contribution is -2.51. The summed E-state index contributed by atoms with van der Waals surface area (Å²) in [6.45, 7) is 3.71. The standard InChI is InChI=1S/C15H15NO3/c1-10-7-15(11(2)19-10)8-12-5-3-4-6-13(12)16(9-17)14(15)18/h3-7,9,11H,8H2,1-2H3. The summed E-state index contributed by atoms with van der Waals surface area (Å²) in [4.78, 5) is 25.2. The van der Waals surface area contributed by atoms with E-state index in [2.05, 4.69) is 0 Å². The van der Waals surface area contributed by atoms with E-state index < -0.39 is 5.41 Å². The van der Waals surface area contributed by atoms with E-state index in [1.165, 1.54) is 4.90 Å². The molecular weight excluding hydrogens is 242 g/mol. The number of benzene rings is 1. The van der Waals surface area contributed by atoms with Gasteiger partial charge >= 0.3 is 0 Å². The molecule has 2 aliphatic heterocycles. The third-order valence-electron chi connectivity index (χ3n) is 4.01. The molecule has 0 saturated carbocycles. The number of imide groups is 1. The number of carbonyl (C=O) groups excluding carboxylic acids is 2. The van der Waals surface area contributed by atoms with Gasteiger partial charge in [-0.3, -0.25) is 14.5 Å². The van der Waals surface area contributed by atoms with E-state index in [1.54, 1.807) is 6.07 Å². The van der Waals surface area contributed by atoms with E-state index in [0.717, 1.165) is 11.3 Å². The number of fused-ring (bicyclic) bond motifs is 1. The summed E-state index contributed by atoms with van der Waals surface area (Å²) in [5.41, 5.74) is 0.924. The molecule has 19 heavy (non-hydrogen) atoms. The van der Waals surface area contributed by atoms with Gasteiger partial charge in [-0.15, -0.1) is 0 Å². The van der Waals surface area contributed by atoms with Gasteiger partial charge in [-0.1, -0.05) is 18.2 Å². The average molecular weight is 257 g/mol. The van der Waals surface area contributed by atoms with E-state index in [1.807, 2.05) is 38.1 Å². The zero-order valence-corrected chi connectivity index (χ0v) is 10.9. The predicted molar refractivity (Wildman–Crippen MR) is 70.4 cm³/mol. The van der Waals surface area contributed by atoms with Gasteiger partial charge in [0.05, 0.1) is 11.4 Å². The minimum atomic E-state index is -0.751. The number of hydrogen-bond donors (Lipinski definition) is 0. The van der Waals surface area contributed by atoms with Crippen molar-refractivity contribution in [3.05, 3.63) is 41.7 Å². The molecule has 98 valence electrons. The van der Waals surface area contributed by atoms with Crippen LogP contribution in [-0.4, -0.2) is 18.4 Å². The molecule has 1 aromatic rings. The smallest absolute Gasteiger partial charge is 0.247 e. The summed E-state index contributed by atoms with van der Waals surface area (Å²) >= 11 is 0. The van der Waals surface area contributed by atoms with Crippen molar-refractivity contribution in [1.29, 1.82) is 0 Å². The molecule has 0 aliphatic carbocycles. The highest BCUT2D eigenvalue weighted by Gasteiger charge is 2.52. The molecule has 2 atom stereocenters. The lowest BCUT2D eigenvalue weighted by molar-refractivity contribution is -0.132. The first-order valence-electron chi connectivity index (χ1n) is 6.31. The summed E-state index contributed by atoms with van der Waals surface area (Å²) in [6, 6.07) is 7.50. The Morgan fingerprint density at radius 2 is 2.16 bits per heavy atom. The van der Waals surface area contributed by atoms with Gasteiger partial charge in [0, 0.05) is 0 Å². The number of carbonyl (C=O) groups is 2. The number of nitrogens with zero attached hydrogens (tertiary/aromatic N) is 1. The maximum atomic E-state index is 12.7. The summed E-state index contributed by atoms with van der Waals surface area (Å²) in [5, 5.41) is 0. The molecule has 0 N–H and O–H groups in total. The van der Waals surface area contributed by atoms with Crippen LogP contribution in [-0.2, 0) is 20.7 Å². The zero-order valence-electron chi connectivity index (χ0n) is 10.9. The Labute approximate surface area is 111 Å². The molecule has 0 bridgehead atoms. The highest BCUT2D eigenvalue weighted by molar-refractivity contribution is 6.13. The van der Waals surface area contributed by atoms with E-state index in [9.17, 15) is 9.59 Å². The van der Waals surface area contributed by atoms with Crippen molar-refractivity contribution >= 4 is 18.0 Å². The van der Waals surface area contributed by atoms with Crippen LogP contribution in [0, 0.1) is 5.41 Å². The van der Waals surface area contributed by atoms with Crippen LogP contribution in [0.4, 0.5) is 5.69 Å². The molecule has 2 unspecified atom stereocenters. The first-order valence-corrected chi connectivity index (χ1v) is 6.31. The second kappa shape index (κ2) is 3.95. The molecule has 4 nitrogen and oxygen atoms in total. The Morgan fingerprint density at radius 1 is 1.42 bits per heavy atom. The predicted octanol–water partition coefficient (Wildman–Crippen LogP) is 2.04. The number of para-hydroxylation sites is 1. The van der Waals surface area contributed by atoms with Crippen molar-refractivity contribution in [3.8, 4) is 0 Å². The van der Waals surface area contributed by atoms with Gasteiger partial charge in [0.1, 0.15) is 11.5 Å². The van der Waals surface area contributed by atoms with E-state index in [-0.39, 0.29) is 12.0 Å². The van der Waals surface area contributed by atoms with Gasteiger partial charge in [0.2, 0.25) is 12.3 Å². The maximum absolute atomic E-state index is 12.7. The quantitative estimate of drug-likeness (QED) is 0.723. The molecule has 0 radical (unpaired) electrons. The van der Waals surface area contributed by atoms with E-state index in [0.29, 0.717) is 18.5 Å². The molecule has 1 spiro atoms. The van der Waals surface area contributed by atoms with Crippen LogP contribution in [0.5, 0.6) is 0 Å². The molecule has 2 amide bonds. The highest BCUT2D eigenvalue weighted by atomic mass is 16.5. The molecule has 0 aromatic heterocycles. The second-order valence-electron chi connectivity index (χ2n) is 5.14. The van der Waals surface area contributed by atoms with Crippen LogP contribution in [0.1, 0.15) is 19.4 Å². The van der Waals surface area contributed by atoms with Crippen LogP contribution in [0.15, 0.2) is 36.1 Å². The van der Waals surface area contributed by atoms with Crippen LogP contribution in [0.3, 0.4) is 0 Å². The third-order valence-corrected chi connectivity index (χ3v) is 4.01. The fourth-order valence-corrected chi connectivity index (χ4v) is 3.05.